The Hall–Kier alpha value is -3.86. The number of nitrogens with zero attached hydrogens (tertiary/aromatic N) is 3. The quantitative estimate of drug-likeness (QED) is 0.273. The minimum atomic E-state index is -3.70. The Bertz CT molecular complexity index is 1730. The third-order valence-corrected chi connectivity index (χ3v) is 7.66. The van der Waals surface area contributed by atoms with Crippen LogP contribution in [0.2, 0.25) is 5.02 Å². The first-order valence-corrected chi connectivity index (χ1v) is 13.5. The van der Waals surface area contributed by atoms with Crippen LogP contribution in [0.4, 0.5) is 5.82 Å². The van der Waals surface area contributed by atoms with Gasteiger partial charge < -0.3 is 10.1 Å². The standard InChI is InChI=1S/C27H23BClN5O3S/c1-37-20-8-5-9-21(13-20)38(35,36)32-16-19-7-4-6-18(12-19)15-30-26-14-25(22-10-2-3-11-24(22)29)33-27-23(28)17-31-34(26)27/h2-14,17,30,32H,15-16H2,1H3. The van der Waals surface area contributed by atoms with E-state index in [2.05, 4.69) is 20.1 Å². The molecule has 0 saturated carbocycles. The maximum Gasteiger partial charge on any atom is 0.241 e. The van der Waals surface area contributed by atoms with E-state index in [1.807, 2.05) is 54.6 Å². The normalized spacial score (nSPS) is 11.5. The summed E-state index contributed by atoms with van der Waals surface area (Å²) in [6, 6.07) is 23.3. The number of halogens is 1. The number of ether oxygens (including phenoxy) is 1. The molecule has 38 heavy (non-hydrogen) atoms. The second kappa shape index (κ2) is 10.9. The van der Waals surface area contributed by atoms with E-state index in [0.29, 0.717) is 39.9 Å². The molecular formula is C27H23BClN5O3S. The van der Waals surface area contributed by atoms with Crippen LogP contribution in [0.5, 0.6) is 5.75 Å². The fourth-order valence-electron chi connectivity index (χ4n) is 3.98. The molecule has 0 aliphatic rings. The fourth-order valence-corrected chi connectivity index (χ4v) is 5.27. The number of sulfonamides is 1. The van der Waals surface area contributed by atoms with Gasteiger partial charge in [-0.3, -0.25) is 0 Å². The number of hydrogen-bond acceptors (Lipinski definition) is 6. The molecule has 3 aromatic carbocycles. The zero-order valence-electron chi connectivity index (χ0n) is 20.4. The number of methoxy groups -OCH3 is 1. The van der Waals surface area contributed by atoms with Crippen molar-refractivity contribution in [3.05, 3.63) is 101 Å². The summed E-state index contributed by atoms with van der Waals surface area (Å²) < 4.78 is 34.9. The van der Waals surface area contributed by atoms with Crippen LogP contribution in [0, 0.1) is 0 Å². The highest BCUT2D eigenvalue weighted by atomic mass is 35.5. The molecule has 190 valence electrons. The summed E-state index contributed by atoms with van der Waals surface area (Å²) in [6.07, 6.45) is 1.55. The molecule has 0 atom stereocenters. The number of hydrogen-bond donors (Lipinski definition) is 2. The lowest BCUT2D eigenvalue weighted by Crippen LogP contribution is -2.23. The lowest BCUT2D eigenvalue weighted by Gasteiger charge is -2.13. The summed E-state index contributed by atoms with van der Waals surface area (Å²) in [4.78, 5) is 4.80. The molecule has 5 rings (SSSR count). The monoisotopic (exact) mass is 543 g/mol. The van der Waals surface area contributed by atoms with E-state index >= 15 is 0 Å². The van der Waals surface area contributed by atoms with E-state index in [1.165, 1.54) is 19.2 Å². The van der Waals surface area contributed by atoms with Crippen LogP contribution in [0.15, 0.2) is 90.0 Å². The van der Waals surface area contributed by atoms with Crippen LogP contribution in [0.3, 0.4) is 0 Å². The molecule has 2 aromatic heterocycles. The van der Waals surface area contributed by atoms with Gasteiger partial charge in [-0.15, -0.1) is 0 Å². The van der Waals surface area contributed by atoms with Crippen molar-refractivity contribution in [2.45, 2.75) is 18.0 Å². The van der Waals surface area contributed by atoms with Gasteiger partial charge in [0.05, 0.1) is 17.7 Å². The summed E-state index contributed by atoms with van der Waals surface area (Å²) >= 11 is 6.41. The largest absolute Gasteiger partial charge is 0.497 e. The van der Waals surface area contributed by atoms with E-state index in [-0.39, 0.29) is 11.4 Å². The number of anilines is 1. The van der Waals surface area contributed by atoms with Gasteiger partial charge >= 0.3 is 0 Å². The van der Waals surface area contributed by atoms with Gasteiger partial charge in [-0.2, -0.15) is 9.61 Å². The predicted octanol–water partition coefficient (Wildman–Crippen LogP) is 3.94. The van der Waals surface area contributed by atoms with Gasteiger partial charge in [-0.1, -0.05) is 60.1 Å². The van der Waals surface area contributed by atoms with Crippen LogP contribution in [0.1, 0.15) is 11.1 Å². The third kappa shape index (κ3) is 5.52. The maximum absolute atomic E-state index is 12.8. The van der Waals surface area contributed by atoms with Crippen molar-refractivity contribution in [2.75, 3.05) is 12.4 Å². The number of rotatable bonds is 9. The van der Waals surface area contributed by atoms with Gasteiger partial charge in [-0.25, -0.2) is 18.1 Å². The number of benzene rings is 3. The summed E-state index contributed by atoms with van der Waals surface area (Å²) in [5, 5.41) is 8.33. The van der Waals surface area contributed by atoms with Crippen LogP contribution in [0.25, 0.3) is 16.9 Å². The predicted molar refractivity (Wildman–Crippen MR) is 150 cm³/mol. The van der Waals surface area contributed by atoms with Crippen LogP contribution >= 0.6 is 11.6 Å². The van der Waals surface area contributed by atoms with E-state index in [4.69, 9.17) is 24.2 Å². The molecule has 0 bridgehead atoms. The van der Waals surface area contributed by atoms with E-state index in [0.717, 1.165) is 16.7 Å². The Morgan fingerprint density at radius 2 is 1.74 bits per heavy atom. The third-order valence-electron chi connectivity index (χ3n) is 5.93. The van der Waals surface area contributed by atoms with Gasteiger partial charge in [0.1, 0.15) is 19.4 Å². The smallest absolute Gasteiger partial charge is 0.241 e. The van der Waals surface area contributed by atoms with Crippen LogP contribution < -0.4 is 20.2 Å². The Balaban J connectivity index is 1.34. The van der Waals surface area contributed by atoms with Crippen LogP contribution in [-0.2, 0) is 23.1 Å². The lowest BCUT2D eigenvalue weighted by molar-refractivity contribution is 0.413. The highest BCUT2D eigenvalue weighted by Gasteiger charge is 2.15. The summed E-state index contributed by atoms with van der Waals surface area (Å²) in [7, 11) is 3.91. The molecule has 0 unspecified atom stereocenters. The zero-order valence-corrected chi connectivity index (χ0v) is 22.0. The Morgan fingerprint density at radius 3 is 2.53 bits per heavy atom. The van der Waals surface area contributed by atoms with E-state index in [9.17, 15) is 8.42 Å². The highest BCUT2D eigenvalue weighted by Crippen LogP contribution is 2.28. The van der Waals surface area contributed by atoms with Gasteiger partial charge in [0.2, 0.25) is 10.0 Å². The van der Waals surface area contributed by atoms with Crippen molar-refractivity contribution in [1.82, 2.24) is 19.3 Å². The molecule has 0 amide bonds. The van der Waals surface area contributed by atoms with Crippen molar-refractivity contribution in [2.24, 2.45) is 0 Å². The minimum Gasteiger partial charge on any atom is -0.497 e. The zero-order chi connectivity index (χ0) is 26.7. The first kappa shape index (κ1) is 25.8. The molecule has 0 aliphatic heterocycles. The Morgan fingerprint density at radius 1 is 0.974 bits per heavy atom. The van der Waals surface area contributed by atoms with Crippen molar-refractivity contribution in [1.29, 1.82) is 0 Å². The SMILES string of the molecule is [B]c1cnn2c(NCc3cccc(CNS(=O)(=O)c4cccc(OC)c4)c3)cc(-c3ccccc3Cl)nc12. The van der Waals surface area contributed by atoms with Gasteiger partial charge in [0.15, 0.2) is 5.65 Å². The van der Waals surface area contributed by atoms with E-state index in [1.54, 1.807) is 22.8 Å². The summed E-state index contributed by atoms with van der Waals surface area (Å²) in [6.45, 7) is 0.594. The average Bonchev–Trinajstić information content (AvgIpc) is 3.31. The Labute approximate surface area is 227 Å². The van der Waals surface area contributed by atoms with E-state index < -0.39 is 10.0 Å². The molecule has 5 aromatic rings. The molecule has 0 fully saturated rings. The van der Waals surface area contributed by atoms with Gasteiger partial charge in [0.25, 0.3) is 0 Å². The molecule has 11 heteroatoms. The highest BCUT2D eigenvalue weighted by molar-refractivity contribution is 7.89. The number of fused-ring (bicyclic) bond motifs is 1. The van der Waals surface area contributed by atoms with Gasteiger partial charge in [-0.05, 0) is 34.8 Å². The average molecular weight is 544 g/mol. The van der Waals surface area contributed by atoms with Crippen molar-refractivity contribution in [3.8, 4) is 17.0 Å². The molecule has 8 nitrogen and oxygen atoms in total. The molecule has 0 spiro atoms. The second-order valence-electron chi connectivity index (χ2n) is 8.52. The van der Waals surface area contributed by atoms with Crippen molar-refractivity contribution in [3.63, 3.8) is 0 Å². The van der Waals surface area contributed by atoms with Crippen molar-refractivity contribution < 1.29 is 13.2 Å². The molecule has 2 heterocycles. The minimum absolute atomic E-state index is 0.138. The molecular weight excluding hydrogens is 521 g/mol. The molecule has 2 N–H and O–H groups in total. The first-order valence-electron chi connectivity index (χ1n) is 11.7. The fraction of sp³-hybridized carbons (Fsp3) is 0.111. The summed E-state index contributed by atoms with van der Waals surface area (Å²) in [5.74, 6) is 1.16. The number of nitrogens with one attached hydrogen (secondary N) is 2. The number of aromatic nitrogens is 3. The van der Waals surface area contributed by atoms with Gasteiger partial charge in [0, 0.05) is 42.0 Å². The molecule has 2 radical (unpaired) electrons. The summed E-state index contributed by atoms with van der Waals surface area (Å²) in [5.41, 5.74) is 4.19. The second-order valence-corrected chi connectivity index (χ2v) is 10.7. The van der Waals surface area contributed by atoms with Crippen LogP contribution in [-0.4, -0.2) is 38.0 Å². The first-order chi connectivity index (χ1) is 18.3. The lowest BCUT2D eigenvalue weighted by atomic mass is 10.0. The van der Waals surface area contributed by atoms with Crippen molar-refractivity contribution >= 4 is 46.4 Å². The molecule has 0 aliphatic carbocycles. The topological polar surface area (TPSA) is 97.6 Å². The molecule has 0 saturated heterocycles. The maximum atomic E-state index is 12.8. The Kier molecular flexibility index (Phi) is 7.37.